The third kappa shape index (κ3) is 2.59. The Morgan fingerprint density at radius 3 is 2.56 bits per heavy atom. The Balaban J connectivity index is 2.04. The first kappa shape index (κ1) is 18.6. The summed E-state index contributed by atoms with van der Waals surface area (Å²) in [5, 5.41) is 10.9. The normalized spacial score (nSPS) is 44.0. The molecule has 0 aliphatic heterocycles. The Labute approximate surface area is 151 Å². The lowest BCUT2D eigenvalue weighted by Gasteiger charge is -2.58. The number of hydrogen-bond donors (Lipinski definition) is 1. The number of esters is 1. The molecule has 2 fully saturated rings. The molecule has 4 nitrogen and oxygen atoms in total. The maximum atomic E-state index is 13.0. The number of ether oxygens (including phenoxy) is 1. The van der Waals surface area contributed by atoms with Crippen LogP contribution in [0.25, 0.3) is 0 Å². The molecule has 0 spiro atoms. The highest BCUT2D eigenvalue weighted by molar-refractivity contribution is 5.98. The predicted molar refractivity (Wildman–Crippen MR) is 95.8 cm³/mol. The third-order valence-electron chi connectivity index (χ3n) is 7.75. The van der Waals surface area contributed by atoms with E-state index in [1.54, 1.807) is 0 Å². The fraction of sp³-hybridized carbons (Fsp3) is 0.810. The standard InChI is InChI=1S/C21H32O4/c1-13(2)21(24)10-7-15-14(12-21)16(22)11-17-19(15,3)8-6-9-20(17,4)18(23)25-5/h12-13,15,17,24H,6-11H2,1-5H3. The maximum absolute atomic E-state index is 13.0. The molecule has 140 valence electrons. The molecule has 3 aliphatic carbocycles. The number of aliphatic hydroxyl groups is 1. The molecule has 4 heteroatoms. The van der Waals surface area contributed by atoms with Gasteiger partial charge in [-0.2, -0.15) is 0 Å². The minimum absolute atomic E-state index is 0.0149. The molecule has 0 amide bonds. The lowest BCUT2D eigenvalue weighted by molar-refractivity contribution is -0.169. The van der Waals surface area contributed by atoms with Gasteiger partial charge in [-0.15, -0.1) is 0 Å². The van der Waals surface area contributed by atoms with Crippen molar-refractivity contribution in [2.24, 2.45) is 28.6 Å². The summed E-state index contributed by atoms with van der Waals surface area (Å²) in [5.41, 5.74) is -0.741. The second-order valence-corrected chi connectivity index (χ2v) is 9.29. The van der Waals surface area contributed by atoms with Crippen LogP contribution in [0.2, 0.25) is 0 Å². The highest BCUT2D eigenvalue weighted by atomic mass is 16.5. The van der Waals surface area contributed by atoms with Crippen molar-refractivity contribution in [2.75, 3.05) is 7.11 Å². The van der Waals surface area contributed by atoms with Gasteiger partial charge in [0, 0.05) is 6.42 Å². The number of rotatable bonds is 2. The summed E-state index contributed by atoms with van der Waals surface area (Å²) in [6.07, 6.45) is 6.54. The van der Waals surface area contributed by atoms with E-state index >= 15 is 0 Å². The van der Waals surface area contributed by atoms with E-state index in [4.69, 9.17) is 4.74 Å². The lowest BCUT2D eigenvalue weighted by Crippen LogP contribution is -2.57. The van der Waals surface area contributed by atoms with Crippen molar-refractivity contribution >= 4 is 11.8 Å². The summed E-state index contributed by atoms with van der Waals surface area (Å²) in [7, 11) is 1.44. The van der Waals surface area contributed by atoms with Gasteiger partial charge in [0.1, 0.15) is 0 Å². The molecule has 0 aromatic rings. The van der Waals surface area contributed by atoms with Crippen LogP contribution in [-0.4, -0.2) is 29.6 Å². The number of allylic oxidation sites excluding steroid dienone is 1. The Hall–Kier alpha value is -1.16. The van der Waals surface area contributed by atoms with E-state index in [1.165, 1.54) is 7.11 Å². The Kier molecular flexibility index (Phi) is 4.42. The van der Waals surface area contributed by atoms with Crippen LogP contribution in [0.3, 0.4) is 0 Å². The molecule has 3 aliphatic rings. The van der Waals surface area contributed by atoms with Crippen molar-refractivity contribution in [1.82, 2.24) is 0 Å². The number of Topliss-reactive ketones (excluding diaryl/α,β-unsaturated/α-hetero) is 1. The first-order valence-corrected chi connectivity index (χ1v) is 9.65. The number of hydrogen-bond acceptors (Lipinski definition) is 4. The first-order chi connectivity index (χ1) is 11.6. The number of fused-ring (bicyclic) bond motifs is 3. The average Bonchev–Trinajstić information content (AvgIpc) is 2.56. The highest BCUT2D eigenvalue weighted by Crippen LogP contribution is 2.63. The van der Waals surface area contributed by atoms with Gasteiger partial charge in [-0.3, -0.25) is 9.59 Å². The molecule has 0 heterocycles. The fourth-order valence-corrected chi connectivity index (χ4v) is 5.96. The van der Waals surface area contributed by atoms with Crippen molar-refractivity contribution in [1.29, 1.82) is 0 Å². The summed E-state index contributed by atoms with van der Waals surface area (Å²) < 4.78 is 5.12. The Bertz CT molecular complexity index is 621. The van der Waals surface area contributed by atoms with Gasteiger partial charge in [0.15, 0.2) is 5.78 Å². The zero-order valence-electron chi connectivity index (χ0n) is 16.2. The van der Waals surface area contributed by atoms with Gasteiger partial charge in [-0.05, 0) is 67.4 Å². The molecule has 0 aromatic carbocycles. The average molecular weight is 348 g/mol. The van der Waals surface area contributed by atoms with Gasteiger partial charge in [0.2, 0.25) is 0 Å². The largest absolute Gasteiger partial charge is 0.469 e. The van der Waals surface area contributed by atoms with E-state index < -0.39 is 11.0 Å². The number of methoxy groups -OCH3 is 1. The van der Waals surface area contributed by atoms with Crippen molar-refractivity contribution in [2.45, 2.75) is 71.8 Å². The van der Waals surface area contributed by atoms with Crippen molar-refractivity contribution < 1.29 is 19.4 Å². The summed E-state index contributed by atoms with van der Waals surface area (Å²) in [4.78, 5) is 25.6. The van der Waals surface area contributed by atoms with Crippen LogP contribution in [0.1, 0.15) is 66.2 Å². The smallest absolute Gasteiger partial charge is 0.311 e. The van der Waals surface area contributed by atoms with Gasteiger partial charge < -0.3 is 9.84 Å². The SMILES string of the molecule is COC(=O)C1(C)CCCC2(C)C3CCC(O)(C(C)C)C=C3C(=O)CC12. The van der Waals surface area contributed by atoms with E-state index in [2.05, 4.69) is 6.92 Å². The predicted octanol–water partition coefficient (Wildman–Crippen LogP) is 3.67. The van der Waals surface area contributed by atoms with Gasteiger partial charge in [-0.1, -0.05) is 27.2 Å². The van der Waals surface area contributed by atoms with Crippen LogP contribution in [0, 0.1) is 28.6 Å². The number of carbonyl (C=O) groups excluding carboxylic acids is 2. The van der Waals surface area contributed by atoms with E-state index in [0.29, 0.717) is 12.8 Å². The van der Waals surface area contributed by atoms with Crippen LogP contribution < -0.4 is 0 Å². The van der Waals surface area contributed by atoms with E-state index in [1.807, 2.05) is 26.8 Å². The second-order valence-electron chi connectivity index (χ2n) is 9.29. The molecular formula is C21H32O4. The molecule has 0 radical (unpaired) electrons. The van der Waals surface area contributed by atoms with Crippen LogP contribution in [0.5, 0.6) is 0 Å². The molecule has 2 saturated carbocycles. The molecular weight excluding hydrogens is 316 g/mol. The molecule has 5 unspecified atom stereocenters. The quantitative estimate of drug-likeness (QED) is 0.774. The summed E-state index contributed by atoms with van der Waals surface area (Å²) in [6.45, 7) is 8.24. The fourth-order valence-electron chi connectivity index (χ4n) is 5.96. The lowest BCUT2D eigenvalue weighted by atomic mass is 9.45. The topological polar surface area (TPSA) is 63.6 Å². The van der Waals surface area contributed by atoms with Crippen LogP contribution in [0.4, 0.5) is 0 Å². The summed E-state index contributed by atoms with van der Waals surface area (Å²) in [5.74, 6) is 0.176. The highest BCUT2D eigenvalue weighted by Gasteiger charge is 2.61. The van der Waals surface area contributed by atoms with Crippen LogP contribution in [-0.2, 0) is 14.3 Å². The van der Waals surface area contributed by atoms with Crippen molar-refractivity contribution in [3.05, 3.63) is 11.6 Å². The molecule has 3 rings (SSSR count). The Morgan fingerprint density at radius 2 is 1.96 bits per heavy atom. The van der Waals surface area contributed by atoms with Crippen LogP contribution >= 0.6 is 0 Å². The van der Waals surface area contributed by atoms with E-state index in [-0.39, 0.29) is 34.9 Å². The molecule has 5 atom stereocenters. The minimum atomic E-state index is -0.884. The zero-order chi connectivity index (χ0) is 18.6. The molecule has 0 bridgehead atoms. The molecule has 0 aromatic heterocycles. The van der Waals surface area contributed by atoms with Gasteiger partial charge in [-0.25, -0.2) is 0 Å². The van der Waals surface area contributed by atoms with Crippen molar-refractivity contribution in [3.8, 4) is 0 Å². The van der Waals surface area contributed by atoms with Gasteiger partial charge in [0.25, 0.3) is 0 Å². The first-order valence-electron chi connectivity index (χ1n) is 9.65. The third-order valence-corrected chi connectivity index (χ3v) is 7.75. The second kappa shape index (κ2) is 5.94. The summed E-state index contributed by atoms with van der Waals surface area (Å²) in [6, 6.07) is 0. The number of carbonyl (C=O) groups is 2. The minimum Gasteiger partial charge on any atom is -0.469 e. The molecule has 0 saturated heterocycles. The van der Waals surface area contributed by atoms with Crippen LogP contribution in [0.15, 0.2) is 11.6 Å². The molecule has 25 heavy (non-hydrogen) atoms. The molecule has 1 N–H and O–H groups in total. The summed E-state index contributed by atoms with van der Waals surface area (Å²) >= 11 is 0. The van der Waals surface area contributed by atoms with Crippen molar-refractivity contribution in [3.63, 3.8) is 0 Å². The van der Waals surface area contributed by atoms with Gasteiger partial charge >= 0.3 is 5.97 Å². The number of ketones is 1. The zero-order valence-corrected chi connectivity index (χ0v) is 16.2. The maximum Gasteiger partial charge on any atom is 0.311 e. The van der Waals surface area contributed by atoms with Gasteiger partial charge in [0.05, 0.1) is 18.1 Å². The van der Waals surface area contributed by atoms with E-state index in [9.17, 15) is 14.7 Å². The Morgan fingerprint density at radius 1 is 1.28 bits per heavy atom. The van der Waals surface area contributed by atoms with E-state index in [0.717, 1.165) is 31.3 Å². The monoisotopic (exact) mass is 348 g/mol.